The quantitative estimate of drug-likeness (QED) is 0.732. The molecule has 3 rings (SSSR count). The SMILES string of the molecule is Cc1cc(C)c(C)c(S(=O)(=O)NCc2ccnc(-n3ccnc3C)c2)c1C. The molecule has 7 heteroatoms. The fraction of sp³-hybridized carbons (Fsp3) is 0.300. The lowest BCUT2D eigenvalue weighted by atomic mass is 10.0. The van der Waals surface area contributed by atoms with Crippen molar-refractivity contribution >= 4 is 10.0 Å². The average Bonchev–Trinajstić information content (AvgIpc) is 3.05. The third-order valence-electron chi connectivity index (χ3n) is 4.91. The third kappa shape index (κ3) is 3.79. The highest BCUT2D eigenvalue weighted by Crippen LogP contribution is 2.26. The van der Waals surface area contributed by atoms with Gasteiger partial charge in [-0.3, -0.25) is 4.57 Å². The van der Waals surface area contributed by atoms with E-state index in [4.69, 9.17) is 0 Å². The van der Waals surface area contributed by atoms with Gasteiger partial charge in [-0.2, -0.15) is 0 Å². The molecule has 0 saturated carbocycles. The predicted octanol–water partition coefficient (Wildman–Crippen LogP) is 3.29. The zero-order valence-corrected chi connectivity index (χ0v) is 17.1. The van der Waals surface area contributed by atoms with E-state index in [9.17, 15) is 8.42 Å². The van der Waals surface area contributed by atoms with E-state index in [1.165, 1.54) is 0 Å². The molecule has 2 aromatic heterocycles. The molecule has 2 heterocycles. The van der Waals surface area contributed by atoms with Crippen molar-refractivity contribution in [3.05, 3.63) is 70.4 Å². The van der Waals surface area contributed by atoms with Gasteiger partial charge in [-0.25, -0.2) is 23.1 Å². The molecule has 1 N–H and O–H groups in total. The molecule has 27 heavy (non-hydrogen) atoms. The average molecular weight is 385 g/mol. The fourth-order valence-electron chi connectivity index (χ4n) is 3.16. The minimum Gasteiger partial charge on any atom is -0.288 e. The van der Waals surface area contributed by atoms with Crippen LogP contribution in [0.15, 0.2) is 41.7 Å². The second kappa shape index (κ2) is 7.25. The van der Waals surface area contributed by atoms with E-state index >= 15 is 0 Å². The zero-order chi connectivity index (χ0) is 19.8. The van der Waals surface area contributed by atoms with Gasteiger partial charge in [0.15, 0.2) is 0 Å². The number of sulfonamides is 1. The Kier molecular flexibility index (Phi) is 5.17. The summed E-state index contributed by atoms with van der Waals surface area (Å²) >= 11 is 0. The third-order valence-corrected chi connectivity index (χ3v) is 6.59. The summed E-state index contributed by atoms with van der Waals surface area (Å²) in [6.07, 6.45) is 5.21. The van der Waals surface area contributed by atoms with Crippen molar-refractivity contribution in [2.24, 2.45) is 0 Å². The minimum absolute atomic E-state index is 0.192. The van der Waals surface area contributed by atoms with Gasteiger partial charge in [-0.05, 0) is 74.6 Å². The first kappa shape index (κ1) is 19.3. The maximum atomic E-state index is 13.0. The lowest BCUT2D eigenvalue weighted by Gasteiger charge is -2.16. The summed E-state index contributed by atoms with van der Waals surface area (Å²) in [6, 6.07) is 5.68. The van der Waals surface area contributed by atoms with Crippen molar-refractivity contribution in [1.29, 1.82) is 0 Å². The first-order chi connectivity index (χ1) is 12.7. The van der Waals surface area contributed by atoms with Crippen LogP contribution in [-0.2, 0) is 16.6 Å². The molecule has 0 aliphatic rings. The van der Waals surface area contributed by atoms with Crippen LogP contribution in [0.3, 0.4) is 0 Å². The molecular formula is C20H24N4O2S. The molecule has 0 fully saturated rings. The number of benzene rings is 1. The Labute approximate surface area is 160 Å². The van der Waals surface area contributed by atoms with Crippen molar-refractivity contribution in [1.82, 2.24) is 19.3 Å². The van der Waals surface area contributed by atoms with Crippen molar-refractivity contribution in [2.45, 2.75) is 46.1 Å². The van der Waals surface area contributed by atoms with Crippen molar-refractivity contribution < 1.29 is 8.42 Å². The number of aromatic nitrogens is 3. The van der Waals surface area contributed by atoms with Crippen molar-refractivity contribution in [3.63, 3.8) is 0 Å². The number of rotatable bonds is 5. The maximum absolute atomic E-state index is 13.0. The molecule has 0 spiro atoms. The smallest absolute Gasteiger partial charge is 0.241 e. The highest BCUT2D eigenvalue weighted by Gasteiger charge is 2.21. The number of pyridine rings is 1. The Hall–Kier alpha value is -2.51. The molecule has 0 bridgehead atoms. The summed E-state index contributed by atoms with van der Waals surface area (Å²) in [7, 11) is -3.63. The van der Waals surface area contributed by atoms with Crippen LogP contribution in [0.1, 0.15) is 33.6 Å². The van der Waals surface area contributed by atoms with Gasteiger partial charge in [0, 0.05) is 25.1 Å². The molecule has 6 nitrogen and oxygen atoms in total. The zero-order valence-electron chi connectivity index (χ0n) is 16.2. The largest absolute Gasteiger partial charge is 0.288 e. The molecule has 0 aliphatic heterocycles. The second-order valence-electron chi connectivity index (χ2n) is 6.78. The molecule has 1 aromatic carbocycles. The van der Waals surface area contributed by atoms with Gasteiger partial charge in [0.1, 0.15) is 11.6 Å². The van der Waals surface area contributed by atoms with E-state index < -0.39 is 10.0 Å². The van der Waals surface area contributed by atoms with Gasteiger partial charge in [-0.15, -0.1) is 0 Å². The van der Waals surface area contributed by atoms with Crippen molar-refractivity contribution in [2.75, 3.05) is 0 Å². The summed E-state index contributed by atoms with van der Waals surface area (Å²) in [5, 5.41) is 0. The second-order valence-corrected chi connectivity index (χ2v) is 8.48. The molecule has 0 atom stereocenters. The van der Waals surface area contributed by atoms with Crippen molar-refractivity contribution in [3.8, 4) is 5.82 Å². The van der Waals surface area contributed by atoms with Gasteiger partial charge in [0.05, 0.1) is 4.90 Å². The van der Waals surface area contributed by atoms with Gasteiger partial charge in [0.25, 0.3) is 0 Å². The monoisotopic (exact) mass is 384 g/mol. The number of aryl methyl sites for hydroxylation is 3. The van der Waals surface area contributed by atoms with Crippen LogP contribution >= 0.6 is 0 Å². The molecule has 3 aromatic rings. The molecule has 0 saturated heterocycles. The summed E-state index contributed by atoms with van der Waals surface area (Å²) in [6.45, 7) is 9.65. The molecule has 0 radical (unpaired) electrons. The summed E-state index contributed by atoms with van der Waals surface area (Å²) in [5.74, 6) is 1.53. The van der Waals surface area contributed by atoms with E-state index in [1.54, 1.807) is 18.5 Å². The standard InChI is InChI=1S/C20H24N4O2S/c1-13-10-14(2)16(4)20(15(13)3)27(25,26)23-12-18-6-7-22-19(11-18)24-9-8-21-17(24)5/h6-11,23H,12H2,1-5H3. The Morgan fingerprint density at radius 2 is 1.63 bits per heavy atom. The van der Waals surface area contributed by atoms with Crippen LogP contribution in [0.25, 0.3) is 5.82 Å². The van der Waals surface area contributed by atoms with Crippen LogP contribution in [0.5, 0.6) is 0 Å². The topological polar surface area (TPSA) is 76.9 Å². The fourth-order valence-corrected chi connectivity index (χ4v) is 4.79. The Balaban J connectivity index is 1.88. The summed E-state index contributed by atoms with van der Waals surface area (Å²) < 4.78 is 30.5. The Bertz CT molecular complexity index is 1070. The Morgan fingerprint density at radius 1 is 0.963 bits per heavy atom. The Morgan fingerprint density at radius 3 is 2.22 bits per heavy atom. The lowest BCUT2D eigenvalue weighted by molar-refractivity contribution is 0.579. The molecule has 0 aliphatic carbocycles. The van der Waals surface area contributed by atoms with Gasteiger partial charge < -0.3 is 0 Å². The number of hydrogen-bond donors (Lipinski definition) is 1. The maximum Gasteiger partial charge on any atom is 0.241 e. The van der Waals surface area contributed by atoms with Crippen LogP contribution in [-0.4, -0.2) is 23.0 Å². The molecule has 142 valence electrons. The van der Waals surface area contributed by atoms with E-state index in [0.717, 1.165) is 33.6 Å². The van der Waals surface area contributed by atoms with Crippen LogP contribution in [0.2, 0.25) is 0 Å². The molecule has 0 amide bonds. The number of nitrogens with zero attached hydrogens (tertiary/aromatic N) is 3. The normalized spacial score (nSPS) is 11.7. The first-order valence-electron chi connectivity index (χ1n) is 8.73. The van der Waals surface area contributed by atoms with E-state index in [1.807, 2.05) is 57.5 Å². The molecular weight excluding hydrogens is 360 g/mol. The minimum atomic E-state index is -3.63. The van der Waals surface area contributed by atoms with Gasteiger partial charge in [-0.1, -0.05) is 6.07 Å². The van der Waals surface area contributed by atoms with Gasteiger partial charge >= 0.3 is 0 Å². The van der Waals surface area contributed by atoms with Crippen LogP contribution < -0.4 is 4.72 Å². The lowest BCUT2D eigenvalue weighted by Crippen LogP contribution is -2.25. The van der Waals surface area contributed by atoms with E-state index in [0.29, 0.717) is 10.7 Å². The van der Waals surface area contributed by atoms with Crippen LogP contribution in [0.4, 0.5) is 0 Å². The van der Waals surface area contributed by atoms with Gasteiger partial charge in [0.2, 0.25) is 10.0 Å². The highest BCUT2D eigenvalue weighted by atomic mass is 32.2. The first-order valence-corrected chi connectivity index (χ1v) is 10.2. The summed E-state index contributed by atoms with van der Waals surface area (Å²) in [5.41, 5.74) is 4.35. The molecule has 0 unspecified atom stereocenters. The number of nitrogens with one attached hydrogen (secondary N) is 1. The van der Waals surface area contributed by atoms with Crippen LogP contribution in [0, 0.1) is 34.6 Å². The summed E-state index contributed by atoms with van der Waals surface area (Å²) in [4.78, 5) is 8.91. The number of imidazole rings is 1. The van der Waals surface area contributed by atoms with E-state index in [-0.39, 0.29) is 6.54 Å². The predicted molar refractivity (Wildman–Crippen MR) is 106 cm³/mol. The number of hydrogen-bond acceptors (Lipinski definition) is 4. The highest BCUT2D eigenvalue weighted by molar-refractivity contribution is 7.89. The van der Waals surface area contributed by atoms with E-state index in [2.05, 4.69) is 14.7 Å².